The Kier molecular flexibility index (Phi) is 5.10. The van der Waals surface area contributed by atoms with E-state index in [-0.39, 0.29) is 12.3 Å². The van der Waals surface area contributed by atoms with E-state index in [9.17, 15) is 0 Å². The standard InChI is InChI=1S/C25H23N5O/c1-31-21-13-19(22-15-26-24(28-22)17-8-4-2-5-9-17)12-20(14-21)23-16-27-30-25(29-23)18-10-6-3-7-11-18/h2-16,24-26,28-29H,1H3. The molecule has 0 amide bonds. The zero-order valence-corrected chi connectivity index (χ0v) is 17.1. The Balaban J connectivity index is 1.40. The van der Waals surface area contributed by atoms with Crippen LogP contribution in [-0.4, -0.2) is 7.11 Å². The van der Waals surface area contributed by atoms with Gasteiger partial charge in [-0.1, -0.05) is 60.7 Å². The largest absolute Gasteiger partial charge is 0.497 e. The summed E-state index contributed by atoms with van der Waals surface area (Å²) in [7, 11) is 1.68. The summed E-state index contributed by atoms with van der Waals surface area (Å²) in [5, 5.41) is 19.0. The third kappa shape index (κ3) is 4.00. The van der Waals surface area contributed by atoms with Crippen LogP contribution in [0.4, 0.5) is 0 Å². The second-order valence-electron chi connectivity index (χ2n) is 7.39. The molecule has 0 saturated heterocycles. The Morgan fingerprint density at radius 3 is 2.16 bits per heavy atom. The van der Waals surface area contributed by atoms with Crippen LogP contribution in [0.15, 0.2) is 101 Å². The van der Waals surface area contributed by atoms with E-state index in [0.29, 0.717) is 0 Å². The molecule has 6 nitrogen and oxygen atoms in total. The lowest BCUT2D eigenvalue weighted by Crippen LogP contribution is -2.22. The molecule has 0 saturated carbocycles. The van der Waals surface area contributed by atoms with Crippen molar-refractivity contribution in [3.63, 3.8) is 0 Å². The topological polar surface area (TPSA) is 70.0 Å². The molecular weight excluding hydrogens is 386 g/mol. The van der Waals surface area contributed by atoms with Crippen LogP contribution in [0.1, 0.15) is 34.6 Å². The third-order valence-corrected chi connectivity index (χ3v) is 5.37. The highest BCUT2D eigenvalue weighted by molar-refractivity contribution is 5.74. The Bertz CT molecular complexity index is 1160. The van der Waals surface area contributed by atoms with Gasteiger partial charge in [-0.25, -0.2) is 0 Å². The van der Waals surface area contributed by atoms with E-state index in [0.717, 1.165) is 33.8 Å². The van der Waals surface area contributed by atoms with E-state index >= 15 is 0 Å². The fraction of sp³-hybridized carbons (Fsp3) is 0.120. The first-order valence-electron chi connectivity index (χ1n) is 10.2. The van der Waals surface area contributed by atoms with Crippen LogP contribution in [0.3, 0.4) is 0 Å². The molecule has 5 rings (SSSR count). The molecular formula is C25H23N5O. The molecule has 31 heavy (non-hydrogen) atoms. The average Bonchev–Trinajstić information content (AvgIpc) is 3.35. The first-order valence-corrected chi connectivity index (χ1v) is 10.2. The zero-order chi connectivity index (χ0) is 21.0. The monoisotopic (exact) mass is 409 g/mol. The van der Waals surface area contributed by atoms with Gasteiger partial charge in [0.05, 0.1) is 24.7 Å². The molecule has 0 aromatic heterocycles. The summed E-state index contributed by atoms with van der Waals surface area (Å²) < 4.78 is 5.58. The van der Waals surface area contributed by atoms with Crippen molar-refractivity contribution in [1.82, 2.24) is 16.0 Å². The van der Waals surface area contributed by atoms with E-state index in [4.69, 9.17) is 4.74 Å². The summed E-state index contributed by atoms with van der Waals surface area (Å²) in [5.74, 6) is 0.778. The lowest BCUT2D eigenvalue weighted by molar-refractivity contribution is 0.414. The van der Waals surface area contributed by atoms with Crippen molar-refractivity contribution in [1.29, 1.82) is 0 Å². The van der Waals surface area contributed by atoms with Gasteiger partial charge < -0.3 is 20.7 Å². The molecule has 154 valence electrons. The number of hydrogen-bond donors (Lipinski definition) is 3. The Hall–Kier alpha value is -4.06. The van der Waals surface area contributed by atoms with E-state index < -0.39 is 0 Å². The van der Waals surface area contributed by atoms with Crippen molar-refractivity contribution in [3.05, 3.63) is 114 Å². The number of ether oxygens (including phenoxy) is 1. The normalized spacial score (nSPS) is 19.5. The second kappa shape index (κ2) is 8.36. The van der Waals surface area contributed by atoms with Crippen LogP contribution in [0.25, 0.3) is 11.4 Å². The summed E-state index contributed by atoms with van der Waals surface area (Å²) in [6.45, 7) is 0. The van der Waals surface area contributed by atoms with Crippen molar-refractivity contribution in [3.8, 4) is 5.75 Å². The van der Waals surface area contributed by atoms with Crippen LogP contribution in [0, 0.1) is 0 Å². The van der Waals surface area contributed by atoms with Gasteiger partial charge in [0, 0.05) is 17.3 Å². The minimum absolute atomic E-state index is 0.0362. The van der Waals surface area contributed by atoms with Gasteiger partial charge in [0.25, 0.3) is 0 Å². The van der Waals surface area contributed by atoms with Gasteiger partial charge in [-0.15, -0.1) is 0 Å². The molecule has 0 aliphatic carbocycles. The highest BCUT2D eigenvalue weighted by Crippen LogP contribution is 2.31. The van der Waals surface area contributed by atoms with Crippen molar-refractivity contribution in [2.75, 3.05) is 7.11 Å². The summed E-state index contributed by atoms with van der Waals surface area (Å²) in [6, 6.07) is 26.5. The van der Waals surface area contributed by atoms with Gasteiger partial charge in [-0.3, -0.25) is 0 Å². The van der Waals surface area contributed by atoms with Crippen LogP contribution in [-0.2, 0) is 0 Å². The van der Waals surface area contributed by atoms with Crippen LogP contribution >= 0.6 is 0 Å². The van der Waals surface area contributed by atoms with Crippen LogP contribution in [0.5, 0.6) is 5.75 Å². The fourth-order valence-corrected chi connectivity index (χ4v) is 3.74. The van der Waals surface area contributed by atoms with Crippen molar-refractivity contribution in [2.24, 2.45) is 10.2 Å². The maximum absolute atomic E-state index is 5.58. The molecule has 3 aromatic carbocycles. The summed E-state index contributed by atoms with van der Waals surface area (Å²) in [6.07, 6.45) is 3.57. The summed E-state index contributed by atoms with van der Waals surface area (Å²) in [5.41, 5.74) is 6.16. The molecule has 0 bridgehead atoms. The molecule has 6 heteroatoms. The molecule has 2 unspecified atom stereocenters. The maximum atomic E-state index is 5.58. The quantitative estimate of drug-likeness (QED) is 0.558. The van der Waals surface area contributed by atoms with E-state index in [1.165, 1.54) is 5.56 Å². The lowest BCUT2D eigenvalue weighted by Gasteiger charge is -2.21. The molecule has 2 heterocycles. The van der Waals surface area contributed by atoms with Gasteiger partial charge in [-0.05, 0) is 29.3 Å². The number of nitrogens with zero attached hydrogens (tertiary/aromatic N) is 2. The summed E-state index contributed by atoms with van der Waals surface area (Å²) >= 11 is 0. The Labute approximate surface area is 181 Å². The van der Waals surface area contributed by atoms with Crippen molar-refractivity contribution in [2.45, 2.75) is 12.3 Å². The maximum Gasteiger partial charge on any atom is 0.166 e. The van der Waals surface area contributed by atoms with Crippen LogP contribution in [0.2, 0.25) is 0 Å². The first-order chi connectivity index (χ1) is 15.3. The Morgan fingerprint density at radius 2 is 1.45 bits per heavy atom. The predicted molar refractivity (Wildman–Crippen MR) is 122 cm³/mol. The minimum atomic E-state index is -0.219. The Morgan fingerprint density at radius 1 is 0.774 bits per heavy atom. The zero-order valence-electron chi connectivity index (χ0n) is 17.1. The van der Waals surface area contributed by atoms with Crippen molar-refractivity contribution < 1.29 is 4.74 Å². The highest BCUT2D eigenvalue weighted by Gasteiger charge is 2.21. The SMILES string of the molecule is COc1cc(C2=CN=NC(c3ccccc3)N2)cc(C2=CNC(c3ccccc3)N2)c1. The lowest BCUT2D eigenvalue weighted by atomic mass is 10.0. The number of rotatable bonds is 5. The third-order valence-electron chi connectivity index (χ3n) is 5.37. The van der Waals surface area contributed by atoms with Crippen molar-refractivity contribution >= 4 is 11.4 Å². The number of methoxy groups -OCH3 is 1. The second-order valence-corrected chi connectivity index (χ2v) is 7.39. The summed E-state index contributed by atoms with van der Waals surface area (Å²) in [4.78, 5) is 0. The smallest absolute Gasteiger partial charge is 0.166 e. The van der Waals surface area contributed by atoms with Gasteiger partial charge >= 0.3 is 0 Å². The van der Waals surface area contributed by atoms with E-state index in [1.807, 2.05) is 66.9 Å². The molecule has 2 atom stereocenters. The molecule has 0 radical (unpaired) electrons. The first kappa shape index (κ1) is 18.9. The molecule has 0 spiro atoms. The van der Waals surface area contributed by atoms with Gasteiger partial charge in [0.2, 0.25) is 0 Å². The average molecular weight is 409 g/mol. The van der Waals surface area contributed by atoms with E-state index in [2.05, 4.69) is 44.4 Å². The number of azo groups is 1. The molecule has 2 aliphatic heterocycles. The molecule has 2 aliphatic rings. The highest BCUT2D eigenvalue weighted by atomic mass is 16.5. The predicted octanol–water partition coefficient (Wildman–Crippen LogP) is 4.94. The number of benzene rings is 3. The number of hydrogen-bond acceptors (Lipinski definition) is 6. The molecule has 3 aromatic rings. The van der Waals surface area contributed by atoms with E-state index in [1.54, 1.807) is 13.3 Å². The molecule has 0 fully saturated rings. The van der Waals surface area contributed by atoms with Crippen LogP contribution < -0.4 is 20.7 Å². The van der Waals surface area contributed by atoms with Gasteiger partial charge in [-0.2, -0.15) is 10.2 Å². The molecule has 3 N–H and O–H groups in total. The minimum Gasteiger partial charge on any atom is -0.497 e. The van der Waals surface area contributed by atoms with Gasteiger partial charge in [0.15, 0.2) is 6.17 Å². The number of nitrogens with one attached hydrogen (secondary N) is 3. The van der Waals surface area contributed by atoms with Gasteiger partial charge in [0.1, 0.15) is 11.9 Å². The fourth-order valence-electron chi connectivity index (χ4n) is 3.74.